The van der Waals surface area contributed by atoms with E-state index < -0.39 is 40.4 Å². The summed E-state index contributed by atoms with van der Waals surface area (Å²) in [4.78, 5) is 38.2. The van der Waals surface area contributed by atoms with Crippen molar-refractivity contribution in [2.75, 3.05) is 6.54 Å². The first-order valence-electron chi connectivity index (χ1n) is 12.7. The summed E-state index contributed by atoms with van der Waals surface area (Å²) in [6.45, 7) is 9.93. The number of nitro groups is 1. The Labute approximate surface area is 217 Å². The lowest BCUT2D eigenvalue weighted by molar-refractivity contribution is -0.384. The number of rotatable bonds is 8. The van der Waals surface area contributed by atoms with Crippen molar-refractivity contribution in [1.82, 2.24) is 10.2 Å². The van der Waals surface area contributed by atoms with Crippen LogP contribution < -0.4 is 5.32 Å². The molecule has 2 aromatic carbocycles. The highest BCUT2D eigenvalue weighted by atomic mass is 16.6. The highest BCUT2D eigenvalue weighted by Crippen LogP contribution is 2.53. The van der Waals surface area contributed by atoms with Gasteiger partial charge in [-0.15, -0.1) is 0 Å². The summed E-state index contributed by atoms with van der Waals surface area (Å²) < 4.78 is 11.3. The molecule has 198 valence electrons. The number of alkyl carbamates (subject to hydrolysis) is 1. The molecule has 0 aromatic heterocycles. The van der Waals surface area contributed by atoms with Gasteiger partial charge in [0.2, 0.25) is 0 Å². The molecule has 1 aliphatic carbocycles. The molecule has 2 atom stereocenters. The third kappa shape index (κ3) is 6.03. The van der Waals surface area contributed by atoms with E-state index in [2.05, 4.69) is 37.4 Å². The fraction of sp³-hybridized carbons (Fsp3) is 0.500. The van der Waals surface area contributed by atoms with E-state index in [0.29, 0.717) is 18.9 Å². The Balaban J connectivity index is 1.56. The van der Waals surface area contributed by atoms with E-state index in [1.807, 2.05) is 6.07 Å². The molecule has 9 heteroatoms. The summed E-state index contributed by atoms with van der Waals surface area (Å²) in [5.74, 6) is 0.373. The van der Waals surface area contributed by atoms with E-state index in [-0.39, 0.29) is 5.69 Å². The Morgan fingerprint density at radius 2 is 1.89 bits per heavy atom. The van der Waals surface area contributed by atoms with E-state index in [9.17, 15) is 19.7 Å². The van der Waals surface area contributed by atoms with Crippen LogP contribution in [0.25, 0.3) is 0 Å². The van der Waals surface area contributed by atoms with Crippen molar-refractivity contribution < 1.29 is 24.0 Å². The Bertz CT molecular complexity index is 1170. The van der Waals surface area contributed by atoms with Crippen molar-refractivity contribution in [2.24, 2.45) is 0 Å². The molecule has 1 aliphatic heterocycles. The minimum atomic E-state index is -0.695. The molecule has 1 N–H and O–H groups in total. The van der Waals surface area contributed by atoms with E-state index in [4.69, 9.17) is 9.47 Å². The molecule has 2 aromatic rings. The number of carbonyl (C=O) groups is 2. The normalized spacial score (nSPS) is 19.4. The fourth-order valence-electron chi connectivity index (χ4n) is 4.81. The number of hydrogen-bond acceptors (Lipinski definition) is 6. The number of carbonyl (C=O) groups excluding carboxylic acids is 2. The second-order valence-corrected chi connectivity index (χ2v) is 11.2. The summed E-state index contributed by atoms with van der Waals surface area (Å²) in [7, 11) is 0. The maximum absolute atomic E-state index is 13.1. The number of ether oxygens (including phenoxy) is 2. The second-order valence-electron chi connectivity index (χ2n) is 11.2. The molecule has 0 bridgehead atoms. The van der Waals surface area contributed by atoms with Crippen molar-refractivity contribution in [3.63, 3.8) is 0 Å². The van der Waals surface area contributed by atoms with Crippen molar-refractivity contribution in [3.05, 3.63) is 75.3 Å². The van der Waals surface area contributed by atoms with Gasteiger partial charge in [-0.3, -0.25) is 15.0 Å². The molecule has 1 heterocycles. The van der Waals surface area contributed by atoms with Crippen LogP contribution in [-0.4, -0.2) is 46.3 Å². The molecule has 0 radical (unpaired) electrons. The van der Waals surface area contributed by atoms with Crippen molar-refractivity contribution >= 4 is 17.9 Å². The number of amides is 2. The SMILES string of the molecule is CC(C)c1cccc(C2(N3CC(C(Cc4ccc([N+](=O)[O-])cc4)NC(=O)OC(C)(C)C)OC3=O)CC2)c1. The largest absolute Gasteiger partial charge is 0.444 e. The summed E-state index contributed by atoms with van der Waals surface area (Å²) in [6, 6.07) is 13.9. The highest BCUT2D eigenvalue weighted by molar-refractivity contribution is 5.73. The standard InChI is InChI=1S/C28H35N3O6/c1-18(2)20-7-6-8-21(16-20)28(13-14-28)30-17-24(36-26(30)33)23(29-25(32)37-27(3,4)5)15-19-9-11-22(12-10-19)31(34)35/h6-12,16,18,23-24H,13-15,17H2,1-5H3,(H,29,32). The molecule has 2 aliphatic rings. The van der Waals surface area contributed by atoms with Crippen LogP contribution in [-0.2, 0) is 21.4 Å². The Hall–Kier alpha value is -3.62. The molecule has 2 amide bonds. The summed E-state index contributed by atoms with van der Waals surface area (Å²) in [5, 5.41) is 13.9. The summed E-state index contributed by atoms with van der Waals surface area (Å²) >= 11 is 0. The molecule has 2 unspecified atom stereocenters. The Morgan fingerprint density at radius 1 is 1.22 bits per heavy atom. The van der Waals surface area contributed by atoms with Gasteiger partial charge in [0, 0.05) is 12.1 Å². The predicted octanol–water partition coefficient (Wildman–Crippen LogP) is 5.66. The third-order valence-corrected chi connectivity index (χ3v) is 6.92. The number of nitro benzene ring substituents is 1. The molecule has 1 saturated carbocycles. The van der Waals surface area contributed by atoms with Crippen LogP contribution in [0.5, 0.6) is 0 Å². The van der Waals surface area contributed by atoms with E-state index in [1.54, 1.807) is 37.8 Å². The molecular formula is C28H35N3O6. The fourth-order valence-corrected chi connectivity index (χ4v) is 4.81. The van der Waals surface area contributed by atoms with Crippen LogP contribution >= 0.6 is 0 Å². The van der Waals surface area contributed by atoms with Gasteiger partial charge in [-0.25, -0.2) is 9.59 Å². The predicted molar refractivity (Wildman–Crippen MR) is 138 cm³/mol. The first-order chi connectivity index (χ1) is 17.4. The quantitative estimate of drug-likeness (QED) is 0.363. The van der Waals surface area contributed by atoms with Crippen LogP contribution in [0.15, 0.2) is 48.5 Å². The number of hydrogen-bond donors (Lipinski definition) is 1. The average Bonchev–Trinajstić information content (AvgIpc) is 3.53. The lowest BCUT2D eigenvalue weighted by Crippen LogP contribution is -2.48. The van der Waals surface area contributed by atoms with Gasteiger partial charge in [-0.05, 0) is 62.6 Å². The highest BCUT2D eigenvalue weighted by Gasteiger charge is 2.56. The Morgan fingerprint density at radius 3 is 2.46 bits per heavy atom. The zero-order valence-corrected chi connectivity index (χ0v) is 22.0. The zero-order valence-electron chi connectivity index (χ0n) is 22.0. The van der Waals surface area contributed by atoms with Gasteiger partial charge >= 0.3 is 12.2 Å². The summed E-state index contributed by atoms with van der Waals surface area (Å²) in [6.07, 6.45) is 0.391. The summed E-state index contributed by atoms with van der Waals surface area (Å²) in [5.41, 5.74) is 1.98. The van der Waals surface area contributed by atoms with Crippen LogP contribution in [0.2, 0.25) is 0 Å². The van der Waals surface area contributed by atoms with Gasteiger partial charge in [0.25, 0.3) is 5.69 Å². The van der Waals surface area contributed by atoms with Gasteiger partial charge in [0.05, 0.1) is 23.0 Å². The Kier molecular flexibility index (Phi) is 7.17. The van der Waals surface area contributed by atoms with Gasteiger partial charge in [0.15, 0.2) is 0 Å². The molecule has 9 nitrogen and oxygen atoms in total. The molecule has 4 rings (SSSR count). The van der Waals surface area contributed by atoms with E-state index in [1.165, 1.54) is 17.7 Å². The maximum Gasteiger partial charge on any atom is 0.411 e. The van der Waals surface area contributed by atoms with Crippen molar-refractivity contribution in [3.8, 4) is 0 Å². The number of cyclic esters (lactones) is 1. The average molecular weight is 510 g/mol. The lowest BCUT2D eigenvalue weighted by atomic mass is 9.95. The van der Waals surface area contributed by atoms with Gasteiger partial charge in [-0.2, -0.15) is 0 Å². The van der Waals surface area contributed by atoms with Gasteiger partial charge in [0.1, 0.15) is 11.7 Å². The smallest absolute Gasteiger partial charge is 0.411 e. The van der Waals surface area contributed by atoms with E-state index in [0.717, 1.165) is 24.0 Å². The topological polar surface area (TPSA) is 111 Å². The first kappa shape index (κ1) is 26.4. The van der Waals surface area contributed by atoms with Crippen LogP contribution in [0, 0.1) is 10.1 Å². The number of nitrogens with one attached hydrogen (secondary N) is 1. The monoisotopic (exact) mass is 509 g/mol. The maximum atomic E-state index is 13.1. The van der Waals surface area contributed by atoms with Gasteiger partial charge in [-0.1, -0.05) is 50.2 Å². The van der Waals surface area contributed by atoms with Crippen LogP contribution in [0.4, 0.5) is 15.3 Å². The third-order valence-electron chi connectivity index (χ3n) is 6.92. The minimum Gasteiger partial charge on any atom is -0.444 e. The van der Waals surface area contributed by atoms with Gasteiger partial charge < -0.3 is 14.8 Å². The number of nitrogens with zero attached hydrogens (tertiary/aromatic N) is 2. The molecule has 1 saturated heterocycles. The zero-order chi connectivity index (χ0) is 27.0. The van der Waals surface area contributed by atoms with Crippen molar-refractivity contribution in [1.29, 1.82) is 0 Å². The molecule has 0 spiro atoms. The lowest BCUT2D eigenvalue weighted by Gasteiger charge is -2.28. The van der Waals surface area contributed by atoms with E-state index >= 15 is 0 Å². The van der Waals surface area contributed by atoms with Crippen molar-refractivity contribution in [2.45, 2.75) is 83.1 Å². The van der Waals surface area contributed by atoms with Crippen LogP contribution in [0.3, 0.4) is 0 Å². The number of benzene rings is 2. The molecular weight excluding hydrogens is 474 g/mol. The molecule has 37 heavy (non-hydrogen) atoms. The second kappa shape index (κ2) is 10.0. The molecule has 2 fully saturated rings. The van der Waals surface area contributed by atoms with Crippen LogP contribution in [0.1, 0.15) is 70.1 Å². The first-order valence-corrected chi connectivity index (χ1v) is 12.7. The number of non-ortho nitro benzene ring substituents is 1. The minimum absolute atomic E-state index is 0.0156.